The van der Waals surface area contributed by atoms with Crippen LogP contribution in [0.5, 0.6) is 0 Å². The third-order valence-electron chi connectivity index (χ3n) is 7.07. The molecule has 0 saturated carbocycles. The molecule has 12 nitrogen and oxygen atoms in total. The third-order valence-corrected chi connectivity index (χ3v) is 10.4. The molecule has 0 unspecified atom stereocenters. The lowest BCUT2D eigenvalue weighted by Crippen LogP contribution is -2.37. The molecule has 5 rings (SSSR count). The standard InChI is InChI=1S/C23H29N7O5S2/c1-26(2)36(32,33)29-13-19(24-14-29)21-20-17(12-28(23(20)31)11-16-8-6-5-7-9-16)10-18-22(21)30(15-25-18)37(34,35)27(3)4/h5-9,13-15,17,20-21H,10-12H2,1-4H3/t17-,20-,21+/m1/s1. The van der Waals surface area contributed by atoms with Gasteiger partial charge in [0, 0.05) is 47.5 Å². The molecule has 1 aromatic carbocycles. The van der Waals surface area contributed by atoms with Gasteiger partial charge >= 0.3 is 20.4 Å². The fourth-order valence-corrected chi connectivity index (χ4v) is 6.97. The van der Waals surface area contributed by atoms with E-state index in [9.17, 15) is 21.6 Å². The van der Waals surface area contributed by atoms with Gasteiger partial charge in [0.15, 0.2) is 0 Å². The molecule has 3 aromatic rings. The van der Waals surface area contributed by atoms with Crippen LogP contribution in [0.3, 0.4) is 0 Å². The predicted octanol–water partition coefficient (Wildman–Crippen LogP) is 0.351. The molecule has 2 aromatic heterocycles. The van der Waals surface area contributed by atoms with Crippen LogP contribution in [0.15, 0.2) is 49.2 Å². The van der Waals surface area contributed by atoms with Gasteiger partial charge in [-0.15, -0.1) is 0 Å². The number of likely N-dealkylation sites (tertiary alicyclic amines) is 1. The summed E-state index contributed by atoms with van der Waals surface area (Å²) < 4.78 is 56.1. The Morgan fingerprint density at radius 1 is 0.946 bits per heavy atom. The van der Waals surface area contributed by atoms with Crippen molar-refractivity contribution in [3.05, 3.63) is 71.8 Å². The molecule has 3 atom stereocenters. The number of carbonyl (C=O) groups excluding carboxylic acids is 1. The summed E-state index contributed by atoms with van der Waals surface area (Å²) in [5, 5.41) is 0. The van der Waals surface area contributed by atoms with E-state index in [0.717, 1.165) is 22.1 Å². The number of aromatic nitrogens is 4. The topological polar surface area (TPSA) is 131 Å². The van der Waals surface area contributed by atoms with Gasteiger partial charge in [0.1, 0.15) is 12.7 Å². The molecule has 37 heavy (non-hydrogen) atoms. The van der Waals surface area contributed by atoms with E-state index in [0.29, 0.717) is 36.6 Å². The molecule has 1 aliphatic carbocycles. The molecule has 1 amide bonds. The minimum atomic E-state index is -3.96. The van der Waals surface area contributed by atoms with Crippen molar-refractivity contribution < 1.29 is 21.6 Å². The van der Waals surface area contributed by atoms with Gasteiger partial charge in [-0.05, 0) is 17.9 Å². The highest BCUT2D eigenvalue weighted by Crippen LogP contribution is 2.47. The van der Waals surface area contributed by atoms with Crippen molar-refractivity contribution in [1.82, 2.24) is 31.4 Å². The van der Waals surface area contributed by atoms with Gasteiger partial charge in [0.05, 0.1) is 28.9 Å². The Balaban J connectivity index is 1.63. The Hall–Kier alpha value is -3.07. The van der Waals surface area contributed by atoms with Crippen LogP contribution in [0.1, 0.15) is 28.6 Å². The number of nitrogens with zero attached hydrogens (tertiary/aromatic N) is 7. The van der Waals surface area contributed by atoms with Gasteiger partial charge in [0.2, 0.25) is 5.91 Å². The lowest BCUT2D eigenvalue weighted by molar-refractivity contribution is -0.132. The molecular formula is C23H29N7O5S2. The SMILES string of the molecule is CN(C)S(=O)(=O)n1cnc([C@@H]2c3c(ncn3S(=O)(=O)N(C)C)C[C@@H]3CN(Cc4ccccc4)C(=O)[C@H]32)c1. The minimum absolute atomic E-state index is 0.121. The van der Waals surface area contributed by atoms with Crippen molar-refractivity contribution in [1.29, 1.82) is 0 Å². The molecule has 2 aliphatic rings. The van der Waals surface area contributed by atoms with Crippen LogP contribution in [0, 0.1) is 11.8 Å². The zero-order valence-electron chi connectivity index (χ0n) is 21.0. The molecule has 0 N–H and O–H groups in total. The van der Waals surface area contributed by atoms with Crippen molar-refractivity contribution in [3.8, 4) is 0 Å². The molecule has 0 bridgehead atoms. The van der Waals surface area contributed by atoms with Crippen LogP contribution < -0.4 is 0 Å². The van der Waals surface area contributed by atoms with Crippen LogP contribution in [0.25, 0.3) is 0 Å². The maximum absolute atomic E-state index is 13.8. The summed E-state index contributed by atoms with van der Waals surface area (Å²) in [4.78, 5) is 24.4. The Morgan fingerprint density at radius 2 is 1.62 bits per heavy atom. The number of benzene rings is 1. The number of fused-ring (bicyclic) bond motifs is 2. The summed E-state index contributed by atoms with van der Waals surface area (Å²) in [5.41, 5.74) is 2.20. The van der Waals surface area contributed by atoms with Crippen molar-refractivity contribution in [2.45, 2.75) is 18.9 Å². The average Bonchev–Trinajstić information content (AvgIpc) is 3.57. The number of amides is 1. The van der Waals surface area contributed by atoms with Gasteiger partial charge in [-0.1, -0.05) is 30.3 Å². The van der Waals surface area contributed by atoms with Crippen molar-refractivity contribution in [2.24, 2.45) is 11.8 Å². The minimum Gasteiger partial charge on any atom is -0.338 e. The van der Waals surface area contributed by atoms with E-state index in [1.165, 1.54) is 47.0 Å². The normalized spacial score (nSPS) is 22.1. The first kappa shape index (κ1) is 25.6. The van der Waals surface area contributed by atoms with E-state index >= 15 is 0 Å². The first-order valence-corrected chi connectivity index (χ1v) is 14.5. The van der Waals surface area contributed by atoms with Crippen LogP contribution in [0.2, 0.25) is 0 Å². The Kier molecular flexibility index (Phi) is 6.25. The van der Waals surface area contributed by atoms with Gasteiger partial charge in [-0.3, -0.25) is 4.79 Å². The predicted molar refractivity (Wildman–Crippen MR) is 135 cm³/mol. The second-order valence-electron chi connectivity index (χ2n) is 9.75. The monoisotopic (exact) mass is 547 g/mol. The highest BCUT2D eigenvalue weighted by Gasteiger charge is 2.52. The van der Waals surface area contributed by atoms with Crippen LogP contribution >= 0.6 is 0 Å². The summed E-state index contributed by atoms with van der Waals surface area (Å²) in [6, 6.07) is 9.65. The van der Waals surface area contributed by atoms with Crippen LogP contribution in [0.4, 0.5) is 0 Å². The lowest BCUT2D eigenvalue weighted by atomic mass is 9.73. The maximum atomic E-state index is 13.8. The van der Waals surface area contributed by atoms with E-state index in [1.54, 1.807) is 4.90 Å². The summed E-state index contributed by atoms with van der Waals surface area (Å²) in [6.45, 7) is 0.912. The third kappa shape index (κ3) is 4.17. The second kappa shape index (κ2) is 9.04. The van der Waals surface area contributed by atoms with E-state index < -0.39 is 32.3 Å². The molecule has 1 aliphatic heterocycles. The molecule has 1 fully saturated rings. The fraction of sp³-hybridized carbons (Fsp3) is 0.435. The fourth-order valence-electron chi connectivity index (χ4n) is 5.20. The Labute approximate surface area is 216 Å². The quantitative estimate of drug-likeness (QED) is 0.417. The molecule has 3 heterocycles. The van der Waals surface area contributed by atoms with E-state index in [1.807, 2.05) is 30.3 Å². The smallest absolute Gasteiger partial charge is 0.308 e. The maximum Gasteiger partial charge on any atom is 0.308 e. The van der Waals surface area contributed by atoms with Gasteiger partial charge in [-0.2, -0.15) is 25.4 Å². The zero-order valence-corrected chi connectivity index (χ0v) is 22.6. The van der Waals surface area contributed by atoms with Crippen molar-refractivity contribution >= 4 is 26.3 Å². The van der Waals surface area contributed by atoms with Crippen LogP contribution in [-0.4, -0.2) is 88.9 Å². The summed E-state index contributed by atoms with van der Waals surface area (Å²) >= 11 is 0. The molecule has 14 heteroatoms. The van der Waals surface area contributed by atoms with E-state index in [-0.39, 0.29) is 11.8 Å². The highest BCUT2D eigenvalue weighted by molar-refractivity contribution is 7.87. The average molecular weight is 548 g/mol. The molecular weight excluding hydrogens is 518 g/mol. The first-order valence-electron chi connectivity index (χ1n) is 11.7. The molecule has 0 spiro atoms. The summed E-state index contributed by atoms with van der Waals surface area (Å²) in [5.74, 6) is -1.66. The van der Waals surface area contributed by atoms with Gasteiger partial charge in [-0.25, -0.2) is 17.9 Å². The van der Waals surface area contributed by atoms with Gasteiger partial charge < -0.3 is 4.90 Å². The Morgan fingerprint density at radius 3 is 2.27 bits per heavy atom. The molecule has 198 valence electrons. The number of hydrogen-bond donors (Lipinski definition) is 0. The number of rotatable bonds is 7. The number of imidazole rings is 2. The summed E-state index contributed by atoms with van der Waals surface area (Å²) in [7, 11) is -2.16. The van der Waals surface area contributed by atoms with Gasteiger partial charge in [0.25, 0.3) is 0 Å². The van der Waals surface area contributed by atoms with E-state index in [4.69, 9.17) is 0 Å². The van der Waals surface area contributed by atoms with Crippen LogP contribution in [-0.2, 0) is 38.2 Å². The lowest BCUT2D eigenvalue weighted by Gasteiger charge is -2.31. The number of hydrogen-bond acceptors (Lipinski definition) is 7. The van der Waals surface area contributed by atoms with E-state index in [2.05, 4.69) is 9.97 Å². The molecule has 1 saturated heterocycles. The first-order chi connectivity index (χ1) is 17.4. The molecule has 0 radical (unpaired) electrons. The number of carbonyl (C=O) groups is 1. The highest BCUT2D eigenvalue weighted by atomic mass is 32.2. The largest absolute Gasteiger partial charge is 0.338 e. The zero-order chi connectivity index (χ0) is 26.7. The Bertz CT molecular complexity index is 1540. The van der Waals surface area contributed by atoms with Crippen molar-refractivity contribution in [2.75, 3.05) is 34.7 Å². The summed E-state index contributed by atoms with van der Waals surface area (Å²) in [6.07, 6.45) is 4.23. The van der Waals surface area contributed by atoms with Crippen molar-refractivity contribution in [3.63, 3.8) is 0 Å². The second-order valence-corrected chi connectivity index (χ2v) is 13.8.